The molecule has 0 aromatic heterocycles. The first-order valence-corrected chi connectivity index (χ1v) is 12.2. The van der Waals surface area contributed by atoms with Crippen molar-refractivity contribution < 1.29 is 24.2 Å². The van der Waals surface area contributed by atoms with Gasteiger partial charge in [0.25, 0.3) is 0 Å². The molecule has 3 amide bonds. The molecule has 0 bridgehead atoms. The van der Waals surface area contributed by atoms with Gasteiger partial charge in [-0.25, -0.2) is 4.79 Å². The van der Waals surface area contributed by atoms with Gasteiger partial charge in [0, 0.05) is 24.1 Å². The van der Waals surface area contributed by atoms with E-state index >= 15 is 0 Å². The third-order valence-corrected chi connectivity index (χ3v) is 5.19. The molecule has 0 saturated carbocycles. The van der Waals surface area contributed by atoms with Crippen LogP contribution in [-0.4, -0.2) is 51.6 Å². The quantitative estimate of drug-likeness (QED) is 0.503. The van der Waals surface area contributed by atoms with E-state index in [1.165, 1.54) is 11.0 Å². The number of carbonyl (C=O) groups is 3. The number of benzene rings is 2. The highest BCUT2D eigenvalue weighted by atomic mass is 16.6. The zero-order valence-corrected chi connectivity index (χ0v) is 22.3. The number of carbonyl (C=O) groups excluding carboxylic acids is 3. The highest BCUT2D eigenvalue weighted by molar-refractivity contribution is 5.93. The van der Waals surface area contributed by atoms with Crippen LogP contribution < -0.4 is 10.6 Å². The van der Waals surface area contributed by atoms with Crippen molar-refractivity contribution in [1.29, 1.82) is 0 Å². The predicted octanol–water partition coefficient (Wildman–Crippen LogP) is 4.33. The van der Waals surface area contributed by atoms with Gasteiger partial charge in [0.1, 0.15) is 23.4 Å². The summed E-state index contributed by atoms with van der Waals surface area (Å²) in [7, 11) is 0. The van der Waals surface area contributed by atoms with E-state index in [2.05, 4.69) is 10.6 Å². The highest BCUT2D eigenvalue weighted by Crippen LogP contribution is 2.30. The zero-order chi connectivity index (χ0) is 27.1. The van der Waals surface area contributed by atoms with Crippen molar-refractivity contribution in [3.05, 3.63) is 65.7 Å². The average molecular weight is 498 g/mol. The van der Waals surface area contributed by atoms with E-state index in [0.717, 1.165) is 5.56 Å². The maximum Gasteiger partial charge on any atom is 0.408 e. The maximum atomic E-state index is 14.0. The highest BCUT2D eigenvalue weighted by Gasteiger charge is 2.37. The number of amides is 3. The van der Waals surface area contributed by atoms with Crippen LogP contribution in [0.5, 0.6) is 5.75 Å². The Hall–Kier alpha value is -3.55. The molecular weight excluding hydrogens is 458 g/mol. The molecule has 196 valence electrons. The Morgan fingerprint density at radius 3 is 2.06 bits per heavy atom. The number of aromatic hydroxyl groups is 1. The number of para-hydroxylation sites is 1. The Balaban J connectivity index is 2.49. The summed E-state index contributed by atoms with van der Waals surface area (Å²) in [5, 5.41) is 16.2. The minimum Gasteiger partial charge on any atom is -0.508 e. The van der Waals surface area contributed by atoms with Gasteiger partial charge in [-0.15, -0.1) is 0 Å². The zero-order valence-electron chi connectivity index (χ0n) is 22.3. The van der Waals surface area contributed by atoms with Gasteiger partial charge in [0.2, 0.25) is 11.8 Å². The summed E-state index contributed by atoms with van der Waals surface area (Å²) in [6.07, 6.45) is -0.532. The van der Waals surface area contributed by atoms with Crippen LogP contribution in [0.2, 0.25) is 0 Å². The summed E-state index contributed by atoms with van der Waals surface area (Å²) in [4.78, 5) is 41.5. The van der Waals surface area contributed by atoms with Crippen molar-refractivity contribution >= 4 is 17.9 Å². The molecule has 0 aliphatic heterocycles. The Bertz CT molecular complexity index is 1040. The third kappa shape index (κ3) is 8.59. The van der Waals surface area contributed by atoms with Crippen LogP contribution in [0.15, 0.2) is 54.6 Å². The van der Waals surface area contributed by atoms with Crippen molar-refractivity contribution in [1.82, 2.24) is 15.5 Å². The summed E-state index contributed by atoms with van der Waals surface area (Å²) in [5.41, 5.74) is -0.188. The molecule has 0 heterocycles. The molecule has 2 rings (SSSR count). The minimum atomic E-state index is -1.11. The number of nitrogens with one attached hydrogen (secondary N) is 2. The molecular formula is C28H39N3O5. The Morgan fingerprint density at radius 2 is 1.53 bits per heavy atom. The van der Waals surface area contributed by atoms with Crippen molar-refractivity contribution in [2.24, 2.45) is 0 Å². The van der Waals surface area contributed by atoms with Crippen LogP contribution in [-0.2, 0) is 20.7 Å². The van der Waals surface area contributed by atoms with Crippen LogP contribution in [0.4, 0.5) is 4.79 Å². The van der Waals surface area contributed by atoms with E-state index in [-0.39, 0.29) is 18.7 Å². The average Bonchev–Trinajstić information content (AvgIpc) is 2.75. The van der Waals surface area contributed by atoms with Crippen LogP contribution >= 0.6 is 0 Å². The number of nitrogens with zero attached hydrogens (tertiary/aromatic N) is 1. The number of hydrogen-bond acceptors (Lipinski definition) is 5. The molecule has 2 aromatic rings. The van der Waals surface area contributed by atoms with E-state index in [1.807, 2.05) is 51.1 Å². The number of rotatable bonds is 8. The van der Waals surface area contributed by atoms with Crippen molar-refractivity contribution in [3.63, 3.8) is 0 Å². The molecule has 0 radical (unpaired) electrons. The first-order valence-electron chi connectivity index (χ1n) is 12.2. The van der Waals surface area contributed by atoms with Gasteiger partial charge in [-0.2, -0.15) is 0 Å². The largest absolute Gasteiger partial charge is 0.508 e. The summed E-state index contributed by atoms with van der Waals surface area (Å²) in [6.45, 7) is 12.7. The minimum absolute atomic E-state index is 0.0995. The molecule has 2 aromatic carbocycles. The lowest BCUT2D eigenvalue weighted by molar-refractivity contribution is -0.142. The normalized spacial score (nSPS) is 13.3. The number of phenols is 1. The van der Waals surface area contributed by atoms with E-state index in [0.29, 0.717) is 5.56 Å². The lowest BCUT2D eigenvalue weighted by Gasteiger charge is -2.35. The van der Waals surface area contributed by atoms with Crippen LogP contribution in [0.25, 0.3) is 0 Å². The monoisotopic (exact) mass is 497 g/mol. The first-order chi connectivity index (χ1) is 16.7. The Labute approximate surface area is 214 Å². The molecule has 36 heavy (non-hydrogen) atoms. The summed E-state index contributed by atoms with van der Waals surface area (Å²) < 4.78 is 5.41. The van der Waals surface area contributed by atoms with E-state index in [1.54, 1.807) is 45.9 Å². The molecule has 0 spiro atoms. The predicted molar refractivity (Wildman–Crippen MR) is 139 cm³/mol. The van der Waals surface area contributed by atoms with E-state index in [4.69, 9.17) is 4.74 Å². The van der Waals surface area contributed by atoms with Crippen LogP contribution in [0.1, 0.15) is 65.6 Å². The number of likely N-dealkylation sites (N-methyl/N-ethyl adjacent to an activating group) is 1. The smallest absolute Gasteiger partial charge is 0.408 e. The van der Waals surface area contributed by atoms with Crippen molar-refractivity contribution in [3.8, 4) is 5.75 Å². The second-order valence-corrected chi connectivity index (χ2v) is 10.7. The number of alkyl carbamates (subject to hydrolysis) is 1. The molecule has 8 heteroatoms. The van der Waals surface area contributed by atoms with Gasteiger partial charge < -0.3 is 25.4 Å². The van der Waals surface area contributed by atoms with Crippen LogP contribution in [0, 0.1) is 0 Å². The fourth-order valence-corrected chi connectivity index (χ4v) is 3.77. The SMILES string of the molecule is CCN(C(=O)C(Cc1ccccc1)NC(=O)OC(C)(C)C)C(C(=O)NC(C)(C)C)c1ccccc1O. The standard InChI is InChI=1S/C28H39N3O5/c1-8-31(23(24(33)30-27(2,3)4)20-16-12-13-17-22(20)32)25(34)21(18-19-14-10-9-11-15-19)29-26(35)36-28(5,6)7/h9-17,21,23,32H,8,18H2,1-7H3,(H,29,35)(H,30,33). The number of phenolic OH excluding ortho intramolecular Hbond substituents is 1. The van der Waals surface area contributed by atoms with Gasteiger partial charge in [-0.1, -0.05) is 48.5 Å². The van der Waals surface area contributed by atoms with Crippen molar-refractivity contribution in [2.75, 3.05) is 6.54 Å². The van der Waals surface area contributed by atoms with Gasteiger partial charge in [-0.3, -0.25) is 9.59 Å². The Morgan fingerprint density at radius 1 is 0.944 bits per heavy atom. The van der Waals surface area contributed by atoms with E-state index < -0.39 is 41.1 Å². The molecule has 0 aliphatic rings. The molecule has 0 saturated heterocycles. The third-order valence-electron chi connectivity index (χ3n) is 5.19. The summed E-state index contributed by atoms with van der Waals surface area (Å²) in [5.74, 6) is -1.00. The van der Waals surface area contributed by atoms with Gasteiger partial charge >= 0.3 is 6.09 Å². The molecule has 3 N–H and O–H groups in total. The number of hydrogen-bond donors (Lipinski definition) is 3. The van der Waals surface area contributed by atoms with Crippen molar-refractivity contribution in [2.45, 2.75) is 78.1 Å². The summed E-state index contributed by atoms with van der Waals surface area (Å²) >= 11 is 0. The lowest BCUT2D eigenvalue weighted by Crippen LogP contribution is -2.55. The molecule has 0 fully saturated rings. The van der Waals surface area contributed by atoms with Gasteiger partial charge in [0.15, 0.2) is 0 Å². The Kier molecular flexibility index (Phi) is 9.50. The van der Waals surface area contributed by atoms with Crippen LogP contribution in [0.3, 0.4) is 0 Å². The van der Waals surface area contributed by atoms with E-state index in [9.17, 15) is 19.5 Å². The number of ether oxygens (including phenoxy) is 1. The molecule has 2 atom stereocenters. The molecule has 8 nitrogen and oxygen atoms in total. The van der Waals surface area contributed by atoms with Gasteiger partial charge in [-0.05, 0) is 60.1 Å². The fourth-order valence-electron chi connectivity index (χ4n) is 3.77. The molecule has 2 unspecified atom stereocenters. The maximum absolute atomic E-state index is 14.0. The second-order valence-electron chi connectivity index (χ2n) is 10.7. The summed E-state index contributed by atoms with van der Waals surface area (Å²) in [6, 6.07) is 13.6. The first kappa shape index (κ1) is 28.7. The molecule has 0 aliphatic carbocycles. The topological polar surface area (TPSA) is 108 Å². The van der Waals surface area contributed by atoms with Gasteiger partial charge in [0.05, 0.1) is 0 Å². The fraction of sp³-hybridized carbons (Fsp3) is 0.464. The second kappa shape index (κ2) is 11.9. The lowest BCUT2D eigenvalue weighted by atomic mass is 9.98.